The zero-order valence-corrected chi connectivity index (χ0v) is 12.4. The van der Waals surface area contributed by atoms with Gasteiger partial charge in [0.1, 0.15) is 35.3 Å². The maximum absolute atomic E-state index is 13.7. The first-order valence-electron chi connectivity index (χ1n) is 7.41. The molecule has 0 unspecified atom stereocenters. The fraction of sp³-hybridized carbons (Fsp3) is 0.375. The molecule has 0 atom stereocenters. The van der Waals surface area contributed by atoms with E-state index in [1.807, 2.05) is 0 Å². The Hall–Kier alpha value is -2.24. The van der Waals surface area contributed by atoms with Crippen LogP contribution in [0.4, 0.5) is 26.1 Å². The molecule has 1 aliphatic rings. The van der Waals surface area contributed by atoms with Gasteiger partial charge in [0.05, 0.1) is 0 Å². The highest BCUT2D eigenvalue weighted by atomic mass is 19.1. The van der Waals surface area contributed by atoms with E-state index in [2.05, 4.69) is 27.1 Å². The van der Waals surface area contributed by atoms with Crippen molar-refractivity contribution in [2.24, 2.45) is 5.92 Å². The van der Waals surface area contributed by atoms with Gasteiger partial charge in [0.15, 0.2) is 0 Å². The maximum atomic E-state index is 13.7. The number of piperidine rings is 1. The minimum absolute atomic E-state index is 0.195. The van der Waals surface area contributed by atoms with Crippen LogP contribution in [0.25, 0.3) is 0 Å². The number of para-hydroxylation sites is 1. The van der Waals surface area contributed by atoms with Crippen LogP contribution in [0.5, 0.6) is 0 Å². The Bertz CT molecular complexity index is 634. The molecule has 1 saturated heterocycles. The topological polar surface area (TPSA) is 41.0 Å². The molecule has 1 fully saturated rings. The van der Waals surface area contributed by atoms with E-state index in [-0.39, 0.29) is 5.69 Å². The van der Waals surface area contributed by atoms with Crippen LogP contribution >= 0.6 is 0 Å². The minimum atomic E-state index is -0.646. The molecule has 0 bridgehead atoms. The normalized spacial score (nSPS) is 15.9. The van der Waals surface area contributed by atoms with Gasteiger partial charge in [0.2, 0.25) is 0 Å². The van der Waals surface area contributed by atoms with E-state index >= 15 is 0 Å². The first-order chi connectivity index (χ1) is 10.6. The molecule has 1 N–H and O–H groups in total. The number of hydrogen-bond donors (Lipinski definition) is 1. The Kier molecular flexibility index (Phi) is 4.18. The number of benzene rings is 1. The summed E-state index contributed by atoms with van der Waals surface area (Å²) in [5.41, 5.74) is -0.195. The summed E-state index contributed by atoms with van der Waals surface area (Å²) in [4.78, 5) is 10.5. The highest BCUT2D eigenvalue weighted by Crippen LogP contribution is 2.25. The molecule has 1 aromatic heterocycles. The van der Waals surface area contributed by atoms with E-state index in [0.717, 1.165) is 37.7 Å². The molecule has 2 aromatic rings. The van der Waals surface area contributed by atoms with E-state index in [4.69, 9.17) is 0 Å². The Balaban J connectivity index is 1.79. The van der Waals surface area contributed by atoms with Crippen molar-refractivity contribution in [2.45, 2.75) is 19.8 Å². The number of halogens is 2. The van der Waals surface area contributed by atoms with Crippen LogP contribution in [0.2, 0.25) is 0 Å². The second kappa shape index (κ2) is 6.25. The molecule has 1 aromatic carbocycles. The van der Waals surface area contributed by atoms with Crippen molar-refractivity contribution in [3.05, 3.63) is 42.2 Å². The van der Waals surface area contributed by atoms with Gasteiger partial charge in [-0.25, -0.2) is 18.7 Å². The Labute approximate surface area is 128 Å². The van der Waals surface area contributed by atoms with Gasteiger partial charge < -0.3 is 10.2 Å². The van der Waals surface area contributed by atoms with E-state index in [1.54, 1.807) is 6.07 Å². The van der Waals surface area contributed by atoms with Crippen molar-refractivity contribution in [3.8, 4) is 0 Å². The van der Waals surface area contributed by atoms with Crippen molar-refractivity contribution in [3.63, 3.8) is 0 Å². The SMILES string of the molecule is CC1CCN(c2cc(Nc3c(F)cccc3F)ncn2)CC1. The first kappa shape index (κ1) is 14.7. The summed E-state index contributed by atoms with van der Waals surface area (Å²) < 4.78 is 27.4. The average Bonchev–Trinajstić information content (AvgIpc) is 2.52. The molecule has 116 valence electrons. The fourth-order valence-electron chi connectivity index (χ4n) is 2.57. The Morgan fingerprint density at radius 3 is 2.50 bits per heavy atom. The first-order valence-corrected chi connectivity index (χ1v) is 7.41. The Morgan fingerprint density at radius 2 is 1.82 bits per heavy atom. The molecule has 6 heteroatoms. The van der Waals surface area contributed by atoms with Crippen molar-refractivity contribution >= 4 is 17.3 Å². The van der Waals surface area contributed by atoms with Crippen LogP contribution in [0.1, 0.15) is 19.8 Å². The van der Waals surface area contributed by atoms with Gasteiger partial charge in [-0.05, 0) is 30.9 Å². The second-order valence-corrected chi connectivity index (χ2v) is 5.65. The Morgan fingerprint density at radius 1 is 1.14 bits per heavy atom. The summed E-state index contributed by atoms with van der Waals surface area (Å²) in [7, 11) is 0. The molecular formula is C16H18F2N4. The van der Waals surface area contributed by atoms with Gasteiger partial charge >= 0.3 is 0 Å². The van der Waals surface area contributed by atoms with Gasteiger partial charge in [-0.3, -0.25) is 0 Å². The van der Waals surface area contributed by atoms with E-state index in [1.165, 1.54) is 24.5 Å². The van der Waals surface area contributed by atoms with Gasteiger partial charge in [-0.15, -0.1) is 0 Å². The summed E-state index contributed by atoms with van der Waals surface area (Å²) in [5.74, 6) is 0.593. The number of aromatic nitrogens is 2. The van der Waals surface area contributed by atoms with Crippen molar-refractivity contribution in [1.29, 1.82) is 0 Å². The van der Waals surface area contributed by atoms with Gasteiger partial charge in [0, 0.05) is 19.2 Å². The van der Waals surface area contributed by atoms with Gasteiger partial charge in [-0.2, -0.15) is 0 Å². The maximum Gasteiger partial charge on any atom is 0.149 e. The number of nitrogens with one attached hydrogen (secondary N) is 1. The van der Waals surface area contributed by atoms with E-state index < -0.39 is 11.6 Å². The lowest BCUT2D eigenvalue weighted by molar-refractivity contribution is 0.436. The molecule has 1 aliphatic heterocycles. The monoisotopic (exact) mass is 304 g/mol. The van der Waals surface area contributed by atoms with E-state index in [0.29, 0.717) is 5.82 Å². The molecule has 0 aliphatic carbocycles. The summed E-state index contributed by atoms with van der Waals surface area (Å²) in [6, 6.07) is 5.47. The lowest BCUT2D eigenvalue weighted by atomic mass is 9.99. The summed E-state index contributed by atoms with van der Waals surface area (Å²) in [5, 5.41) is 2.70. The molecule has 22 heavy (non-hydrogen) atoms. The van der Waals surface area contributed by atoms with Gasteiger partial charge in [0.25, 0.3) is 0 Å². The quantitative estimate of drug-likeness (QED) is 0.938. The largest absolute Gasteiger partial charge is 0.356 e. The molecule has 0 amide bonds. The standard InChI is InChI=1S/C16H18F2N4/c1-11-5-7-22(8-6-11)15-9-14(19-10-20-15)21-16-12(17)3-2-4-13(16)18/h2-4,9-11H,5-8H2,1H3,(H,19,20,21). The number of anilines is 3. The fourth-order valence-corrected chi connectivity index (χ4v) is 2.57. The summed E-state index contributed by atoms with van der Waals surface area (Å²) in [6.07, 6.45) is 3.65. The smallest absolute Gasteiger partial charge is 0.149 e. The third-order valence-corrected chi connectivity index (χ3v) is 3.98. The van der Waals surface area contributed by atoms with Crippen molar-refractivity contribution in [1.82, 2.24) is 9.97 Å². The molecular weight excluding hydrogens is 286 g/mol. The lowest BCUT2D eigenvalue weighted by Gasteiger charge is -2.31. The van der Waals surface area contributed by atoms with Crippen LogP contribution in [0.3, 0.4) is 0 Å². The number of hydrogen-bond acceptors (Lipinski definition) is 4. The van der Waals surface area contributed by atoms with Crippen LogP contribution in [0.15, 0.2) is 30.6 Å². The number of rotatable bonds is 3. The van der Waals surface area contributed by atoms with Crippen LogP contribution < -0.4 is 10.2 Å². The second-order valence-electron chi connectivity index (χ2n) is 5.65. The molecule has 3 rings (SSSR count). The molecule has 2 heterocycles. The van der Waals surface area contributed by atoms with Crippen LogP contribution in [-0.4, -0.2) is 23.1 Å². The summed E-state index contributed by atoms with van der Waals surface area (Å²) >= 11 is 0. The predicted molar refractivity (Wildman–Crippen MR) is 82.3 cm³/mol. The van der Waals surface area contributed by atoms with Gasteiger partial charge in [-0.1, -0.05) is 13.0 Å². The third-order valence-electron chi connectivity index (χ3n) is 3.98. The third kappa shape index (κ3) is 3.16. The molecule has 4 nitrogen and oxygen atoms in total. The van der Waals surface area contributed by atoms with Crippen molar-refractivity contribution in [2.75, 3.05) is 23.3 Å². The highest BCUT2D eigenvalue weighted by Gasteiger charge is 2.17. The zero-order chi connectivity index (χ0) is 15.5. The molecule has 0 saturated carbocycles. The highest BCUT2D eigenvalue weighted by molar-refractivity contribution is 5.60. The zero-order valence-electron chi connectivity index (χ0n) is 12.4. The van der Waals surface area contributed by atoms with E-state index in [9.17, 15) is 8.78 Å². The molecule has 0 radical (unpaired) electrons. The average molecular weight is 304 g/mol. The number of nitrogens with zero attached hydrogens (tertiary/aromatic N) is 3. The van der Waals surface area contributed by atoms with Crippen LogP contribution in [-0.2, 0) is 0 Å². The minimum Gasteiger partial charge on any atom is -0.356 e. The van der Waals surface area contributed by atoms with Crippen molar-refractivity contribution < 1.29 is 8.78 Å². The molecule has 0 spiro atoms. The predicted octanol–water partition coefficient (Wildman–Crippen LogP) is 3.73. The summed E-state index contributed by atoms with van der Waals surface area (Å²) in [6.45, 7) is 4.11. The van der Waals surface area contributed by atoms with Crippen LogP contribution in [0, 0.1) is 17.6 Å². The lowest BCUT2D eigenvalue weighted by Crippen LogP contribution is -2.33.